The van der Waals surface area contributed by atoms with Gasteiger partial charge in [0.05, 0.1) is 12.0 Å². The number of nitrogens with two attached hydrogens (primary N) is 1. The van der Waals surface area contributed by atoms with E-state index in [9.17, 15) is 8.42 Å². The van der Waals surface area contributed by atoms with Crippen LogP contribution in [0.25, 0.3) is 0 Å². The van der Waals surface area contributed by atoms with E-state index in [1.165, 1.54) is 19.2 Å². The average molecular weight is 243 g/mol. The van der Waals surface area contributed by atoms with Crippen molar-refractivity contribution in [2.75, 3.05) is 7.11 Å². The van der Waals surface area contributed by atoms with E-state index in [1.807, 2.05) is 20.8 Å². The van der Waals surface area contributed by atoms with Crippen molar-refractivity contribution in [3.8, 4) is 5.75 Å². The van der Waals surface area contributed by atoms with E-state index in [0.717, 1.165) is 5.56 Å². The van der Waals surface area contributed by atoms with Crippen LogP contribution in [-0.4, -0.2) is 15.5 Å². The topological polar surface area (TPSA) is 69.4 Å². The standard InChI is InChI=1S/C11H17NO3S/c1-11(2,3)9-6-5-8(16(12,13)14)7-10(9)15-4/h5-7H,1-4H3,(H2,12,13,14). The van der Waals surface area contributed by atoms with E-state index in [1.54, 1.807) is 6.07 Å². The van der Waals surface area contributed by atoms with Gasteiger partial charge in [-0.15, -0.1) is 0 Å². The normalized spacial score (nSPS) is 12.6. The molecule has 16 heavy (non-hydrogen) atoms. The minimum absolute atomic E-state index is 0.0670. The fraction of sp³-hybridized carbons (Fsp3) is 0.455. The van der Waals surface area contributed by atoms with E-state index in [4.69, 9.17) is 9.88 Å². The van der Waals surface area contributed by atoms with Gasteiger partial charge < -0.3 is 4.74 Å². The molecular weight excluding hydrogens is 226 g/mol. The summed E-state index contributed by atoms with van der Waals surface area (Å²) < 4.78 is 27.6. The SMILES string of the molecule is COc1cc(S(N)(=O)=O)ccc1C(C)(C)C. The van der Waals surface area contributed by atoms with Gasteiger partial charge in [-0.25, -0.2) is 13.6 Å². The first kappa shape index (κ1) is 13.0. The zero-order chi connectivity index (χ0) is 12.6. The molecule has 1 aromatic carbocycles. The number of ether oxygens (including phenoxy) is 1. The van der Waals surface area contributed by atoms with Gasteiger partial charge in [-0.1, -0.05) is 26.8 Å². The molecule has 0 aliphatic heterocycles. The lowest BCUT2D eigenvalue weighted by Gasteiger charge is -2.22. The van der Waals surface area contributed by atoms with Crippen LogP contribution in [0.1, 0.15) is 26.3 Å². The second-order valence-electron chi connectivity index (χ2n) is 4.66. The average Bonchev–Trinajstić information content (AvgIpc) is 2.14. The first-order valence-corrected chi connectivity index (χ1v) is 6.42. The maximum atomic E-state index is 11.2. The molecular formula is C11H17NO3S. The minimum Gasteiger partial charge on any atom is -0.496 e. The Kier molecular flexibility index (Phi) is 3.30. The predicted octanol–water partition coefficient (Wildman–Crippen LogP) is 1.64. The molecule has 0 saturated heterocycles. The van der Waals surface area contributed by atoms with Gasteiger partial charge in [0.1, 0.15) is 5.75 Å². The van der Waals surface area contributed by atoms with Crippen LogP contribution in [0.3, 0.4) is 0 Å². The van der Waals surface area contributed by atoms with Crippen LogP contribution in [0.15, 0.2) is 23.1 Å². The van der Waals surface area contributed by atoms with Crippen LogP contribution in [0.2, 0.25) is 0 Å². The van der Waals surface area contributed by atoms with Gasteiger partial charge in [0.25, 0.3) is 0 Å². The molecule has 0 unspecified atom stereocenters. The minimum atomic E-state index is -3.68. The summed E-state index contributed by atoms with van der Waals surface area (Å²) in [4.78, 5) is 0.0670. The largest absolute Gasteiger partial charge is 0.496 e. The van der Waals surface area contributed by atoms with Crippen LogP contribution in [0, 0.1) is 0 Å². The van der Waals surface area contributed by atoms with Crippen LogP contribution in [0.4, 0.5) is 0 Å². The second kappa shape index (κ2) is 4.07. The molecule has 0 radical (unpaired) electrons. The highest BCUT2D eigenvalue weighted by molar-refractivity contribution is 7.89. The number of primary sulfonamides is 1. The Hall–Kier alpha value is -1.07. The molecule has 0 spiro atoms. The van der Waals surface area contributed by atoms with Gasteiger partial charge in [0.2, 0.25) is 10.0 Å². The van der Waals surface area contributed by atoms with Crippen molar-refractivity contribution in [3.05, 3.63) is 23.8 Å². The molecule has 1 aromatic rings. The van der Waals surface area contributed by atoms with Crippen molar-refractivity contribution in [1.29, 1.82) is 0 Å². The van der Waals surface area contributed by atoms with E-state index in [-0.39, 0.29) is 10.3 Å². The molecule has 0 aromatic heterocycles. The van der Waals surface area contributed by atoms with Crippen molar-refractivity contribution in [3.63, 3.8) is 0 Å². The molecule has 0 aliphatic carbocycles. The molecule has 4 nitrogen and oxygen atoms in total. The number of hydrogen-bond donors (Lipinski definition) is 1. The van der Waals surface area contributed by atoms with Gasteiger partial charge in [-0.3, -0.25) is 0 Å². The number of methoxy groups -OCH3 is 1. The summed E-state index contributed by atoms with van der Waals surface area (Å²) in [7, 11) is -2.17. The Morgan fingerprint density at radius 3 is 2.19 bits per heavy atom. The third-order valence-electron chi connectivity index (χ3n) is 2.31. The van der Waals surface area contributed by atoms with Crippen molar-refractivity contribution >= 4 is 10.0 Å². The van der Waals surface area contributed by atoms with Gasteiger partial charge in [0, 0.05) is 6.07 Å². The lowest BCUT2D eigenvalue weighted by atomic mass is 9.86. The molecule has 0 heterocycles. The number of benzene rings is 1. The molecule has 0 bridgehead atoms. The fourth-order valence-electron chi connectivity index (χ4n) is 1.47. The Morgan fingerprint density at radius 1 is 1.25 bits per heavy atom. The van der Waals surface area contributed by atoms with E-state index >= 15 is 0 Å². The number of sulfonamides is 1. The summed E-state index contributed by atoms with van der Waals surface area (Å²) in [6.07, 6.45) is 0. The molecule has 0 atom stereocenters. The summed E-state index contributed by atoms with van der Waals surface area (Å²) >= 11 is 0. The maximum absolute atomic E-state index is 11.2. The number of hydrogen-bond acceptors (Lipinski definition) is 3. The fourth-order valence-corrected chi connectivity index (χ4v) is 2.00. The van der Waals surface area contributed by atoms with Crippen LogP contribution in [0.5, 0.6) is 5.75 Å². The molecule has 0 aliphatic rings. The van der Waals surface area contributed by atoms with Crippen LogP contribution in [-0.2, 0) is 15.4 Å². The smallest absolute Gasteiger partial charge is 0.238 e. The summed E-state index contributed by atoms with van der Waals surface area (Å²) in [6.45, 7) is 6.09. The third-order valence-corrected chi connectivity index (χ3v) is 3.22. The summed E-state index contributed by atoms with van der Waals surface area (Å²) in [5.41, 5.74) is 0.838. The highest BCUT2D eigenvalue weighted by Crippen LogP contribution is 2.32. The van der Waals surface area contributed by atoms with Gasteiger partial charge in [-0.05, 0) is 17.0 Å². The zero-order valence-electron chi connectivity index (χ0n) is 9.94. The van der Waals surface area contributed by atoms with Gasteiger partial charge in [0.15, 0.2) is 0 Å². The Balaban J connectivity index is 3.40. The lowest BCUT2D eigenvalue weighted by molar-refractivity contribution is 0.396. The van der Waals surface area contributed by atoms with E-state index in [0.29, 0.717) is 5.75 Å². The van der Waals surface area contributed by atoms with Gasteiger partial charge >= 0.3 is 0 Å². The monoisotopic (exact) mass is 243 g/mol. The highest BCUT2D eigenvalue weighted by Gasteiger charge is 2.20. The predicted molar refractivity (Wildman–Crippen MR) is 63.1 cm³/mol. The lowest BCUT2D eigenvalue weighted by Crippen LogP contribution is -2.16. The Bertz CT molecular complexity index is 486. The van der Waals surface area contributed by atoms with Crippen LogP contribution >= 0.6 is 0 Å². The molecule has 5 heteroatoms. The first-order chi connectivity index (χ1) is 7.16. The van der Waals surface area contributed by atoms with Crippen molar-refractivity contribution in [2.24, 2.45) is 5.14 Å². The Morgan fingerprint density at radius 2 is 1.81 bits per heavy atom. The van der Waals surface area contributed by atoms with Crippen LogP contribution < -0.4 is 9.88 Å². The molecule has 2 N–H and O–H groups in total. The van der Waals surface area contributed by atoms with Gasteiger partial charge in [-0.2, -0.15) is 0 Å². The summed E-state index contributed by atoms with van der Waals surface area (Å²) in [5.74, 6) is 0.541. The highest BCUT2D eigenvalue weighted by atomic mass is 32.2. The molecule has 1 rings (SSSR count). The van der Waals surface area contributed by atoms with Crippen molar-refractivity contribution in [1.82, 2.24) is 0 Å². The zero-order valence-corrected chi connectivity index (χ0v) is 10.8. The number of rotatable bonds is 2. The van der Waals surface area contributed by atoms with E-state index < -0.39 is 10.0 Å². The maximum Gasteiger partial charge on any atom is 0.238 e. The summed E-state index contributed by atoms with van der Waals surface area (Å²) in [5, 5.41) is 5.06. The molecule has 0 fully saturated rings. The second-order valence-corrected chi connectivity index (χ2v) is 6.22. The summed E-state index contributed by atoms with van der Waals surface area (Å²) in [6, 6.07) is 4.69. The quantitative estimate of drug-likeness (QED) is 0.858. The molecule has 0 saturated carbocycles. The Labute approximate surface area is 96.5 Å². The molecule has 0 amide bonds. The molecule has 90 valence electrons. The van der Waals surface area contributed by atoms with Crippen molar-refractivity contribution in [2.45, 2.75) is 31.1 Å². The van der Waals surface area contributed by atoms with Crippen molar-refractivity contribution < 1.29 is 13.2 Å². The first-order valence-electron chi connectivity index (χ1n) is 4.87. The third kappa shape index (κ3) is 2.74. The van der Waals surface area contributed by atoms with E-state index in [2.05, 4.69) is 0 Å².